The second-order valence-electron chi connectivity index (χ2n) is 3.78. The van der Waals surface area contributed by atoms with Crippen LogP contribution in [-0.2, 0) is 0 Å². The first-order valence-corrected chi connectivity index (χ1v) is 5.12. The third-order valence-corrected chi connectivity index (χ3v) is 2.28. The summed E-state index contributed by atoms with van der Waals surface area (Å²) in [5.41, 5.74) is -2.47. The molecule has 0 aliphatic rings. The Morgan fingerprint density at radius 3 is 2.50 bits per heavy atom. The first-order chi connectivity index (χ1) is 9.18. The molecule has 0 spiro atoms. The Hall–Kier alpha value is -2.36. The van der Waals surface area contributed by atoms with Gasteiger partial charge in [0.15, 0.2) is 5.82 Å². The molecule has 1 rings (SSSR count). The Balaban J connectivity index is 3.13. The molecule has 0 fully saturated rings. The maximum atomic E-state index is 13.5. The van der Waals surface area contributed by atoms with Gasteiger partial charge in [-0.3, -0.25) is 10.1 Å². The van der Waals surface area contributed by atoms with Gasteiger partial charge in [0.2, 0.25) is 0 Å². The largest absolute Gasteiger partial charge is 0.477 e. The molecule has 0 radical (unpaired) electrons. The predicted molar refractivity (Wildman–Crippen MR) is 60.5 cm³/mol. The van der Waals surface area contributed by atoms with E-state index in [-0.39, 0.29) is 0 Å². The maximum Gasteiger partial charge on any atom is 0.342 e. The van der Waals surface area contributed by atoms with Gasteiger partial charge in [-0.25, -0.2) is 18.0 Å². The molecule has 0 bridgehead atoms. The highest BCUT2D eigenvalue weighted by molar-refractivity contribution is 5.93. The lowest BCUT2D eigenvalue weighted by molar-refractivity contribution is -0.385. The number of halogens is 3. The molecule has 10 heteroatoms. The molecule has 0 heterocycles. The first-order valence-electron chi connectivity index (χ1n) is 5.12. The number of aromatic carboxylic acids is 1. The standard InChI is InChI=1S/C10H9F3N2O5/c11-6-2-8(15(19)20)5(9(17)18)1-7(6)14-3-10(12,13)4-16/h1-2,14,16H,3-4H2,(H,17,18). The summed E-state index contributed by atoms with van der Waals surface area (Å²) >= 11 is 0. The molecule has 0 atom stereocenters. The summed E-state index contributed by atoms with van der Waals surface area (Å²) in [6, 6.07) is 0.867. The van der Waals surface area contributed by atoms with E-state index in [0.29, 0.717) is 12.1 Å². The summed E-state index contributed by atoms with van der Waals surface area (Å²) < 4.78 is 39.0. The second kappa shape index (κ2) is 5.74. The number of hydrogen-bond acceptors (Lipinski definition) is 5. The van der Waals surface area contributed by atoms with Gasteiger partial charge in [0, 0.05) is 0 Å². The molecule has 7 nitrogen and oxygen atoms in total. The molecule has 0 amide bonds. The smallest absolute Gasteiger partial charge is 0.342 e. The summed E-state index contributed by atoms with van der Waals surface area (Å²) in [5, 5.41) is 29.5. The highest BCUT2D eigenvalue weighted by Gasteiger charge is 2.29. The van der Waals surface area contributed by atoms with Gasteiger partial charge in [0.1, 0.15) is 12.2 Å². The van der Waals surface area contributed by atoms with Crippen molar-refractivity contribution in [1.29, 1.82) is 0 Å². The van der Waals surface area contributed by atoms with Gasteiger partial charge in [0.25, 0.3) is 11.6 Å². The van der Waals surface area contributed by atoms with E-state index >= 15 is 0 Å². The van der Waals surface area contributed by atoms with Crippen LogP contribution in [0.4, 0.5) is 24.5 Å². The fraction of sp³-hybridized carbons (Fsp3) is 0.300. The van der Waals surface area contributed by atoms with Crippen LogP contribution in [0.15, 0.2) is 12.1 Å². The van der Waals surface area contributed by atoms with E-state index in [1.165, 1.54) is 0 Å². The Kier molecular flexibility index (Phi) is 4.50. The molecule has 3 N–H and O–H groups in total. The van der Waals surface area contributed by atoms with Crippen molar-refractivity contribution in [2.45, 2.75) is 5.92 Å². The molecular weight excluding hydrogens is 285 g/mol. The minimum absolute atomic E-state index is 0.322. The Bertz CT molecular complexity index is 550. The zero-order valence-electron chi connectivity index (χ0n) is 9.77. The van der Waals surface area contributed by atoms with Crippen LogP contribution in [0.1, 0.15) is 10.4 Å². The number of anilines is 1. The van der Waals surface area contributed by atoms with Crippen LogP contribution in [0.3, 0.4) is 0 Å². The number of nitro benzene ring substituents is 1. The molecule has 1 aromatic carbocycles. The summed E-state index contributed by atoms with van der Waals surface area (Å²) in [5.74, 6) is -6.50. The lowest BCUT2D eigenvalue weighted by Gasteiger charge is -2.15. The minimum Gasteiger partial charge on any atom is -0.477 e. The van der Waals surface area contributed by atoms with Gasteiger partial charge < -0.3 is 15.5 Å². The molecular formula is C10H9F3N2O5. The molecule has 110 valence electrons. The fourth-order valence-corrected chi connectivity index (χ4v) is 1.30. The lowest BCUT2D eigenvalue weighted by Crippen LogP contribution is -2.31. The number of aliphatic hydroxyl groups excluding tert-OH is 1. The fourth-order valence-electron chi connectivity index (χ4n) is 1.30. The number of rotatable bonds is 6. The third-order valence-electron chi connectivity index (χ3n) is 2.28. The van der Waals surface area contributed by atoms with Crippen LogP contribution in [0, 0.1) is 15.9 Å². The topological polar surface area (TPSA) is 113 Å². The number of alkyl halides is 2. The molecule has 0 saturated carbocycles. The van der Waals surface area contributed by atoms with Crippen LogP contribution in [0.2, 0.25) is 0 Å². The van der Waals surface area contributed by atoms with E-state index in [0.717, 1.165) is 0 Å². The van der Waals surface area contributed by atoms with Crippen molar-refractivity contribution in [2.75, 3.05) is 18.5 Å². The van der Waals surface area contributed by atoms with Crippen LogP contribution >= 0.6 is 0 Å². The van der Waals surface area contributed by atoms with E-state index < -0.39 is 52.7 Å². The summed E-state index contributed by atoms with van der Waals surface area (Å²) in [6.45, 7) is -2.64. The van der Waals surface area contributed by atoms with E-state index in [1.807, 2.05) is 5.32 Å². The molecule has 1 aromatic rings. The van der Waals surface area contributed by atoms with Gasteiger partial charge in [-0.2, -0.15) is 0 Å². The second-order valence-corrected chi connectivity index (χ2v) is 3.78. The Labute approximate surface area is 109 Å². The van der Waals surface area contributed by atoms with E-state index in [4.69, 9.17) is 10.2 Å². The van der Waals surface area contributed by atoms with Crippen molar-refractivity contribution < 1.29 is 33.1 Å². The third kappa shape index (κ3) is 3.57. The Morgan fingerprint density at radius 1 is 1.45 bits per heavy atom. The zero-order valence-corrected chi connectivity index (χ0v) is 9.77. The number of carbonyl (C=O) groups is 1. The van der Waals surface area contributed by atoms with E-state index in [1.54, 1.807) is 0 Å². The average Bonchev–Trinajstić information content (AvgIpc) is 2.36. The highest BCUT2D eigenvalue weighted by atomic mass is 19.3. The molecule has 0 aromatic heterocycles. The first kappa shape index (κ1) is 15.7. The average molecular weight is 294 g/mol. The normalized spacial score (nSPS) is 11.2. The van der Waals surface area contributed by atoms with Crippen LogP contribution in [0.5, 0.6) is 0 Å². The van der Waals surface area contributed by atoms with Crippen molar-refractivity contribution >= 4 is 17.3 Å². The number of nitro groups is 1. The minimum atomic E-state index is -3.54. The summed E-state index contributed by atoms with van der Waals surface area (Å²) in [7, 11) is 0. The lowest BCUT2D eigenvalue weighted by atomic mass is 10.1. The number of carboxylic acid groups (broad SMARTS) is 1. The number of aliphatic hydroxyl groups is 1. The molecule has 0 saturated heterocycles. The van der Waals surface area contributed by atoms with Crippen molar-refractivity contribution in [1.82, 2.24) is 0 Å². The van der Waals surface area contributed by atoms with Crippen molar-refractivity contribution in [2.24, 2.45) is 0 Å². The molecule has 20 heavy (non-hydrogen) atoms. The summed E-state index contributed by atoms with van der Waals surface area (Å²) in [4.78, 5) is 20.3. The van der Waals surface area contributed by atoms with Gasteiger partial charge in [-0.15, -0.1) is 0 Å². The van der Waals surface area contributed by atoms with Crippen molar-refractivity contribution in [3.05, 3.63) is 33.6 Å². The van der Waals surface area contributed by atoms with Gasteiger partial charge in [-0.05, 0) is 6.07 Å². The van der Waals surface area contributed by atoms with E-state index in [9.17, 15) is 28.1 Å². The quantitative estimate of drug-likeness (QED) is 0.541. The van der Waals surface area contributed by atoms with Gasteiger partial charge in [0.05, 0.1) is 23.2 Å². The predicted octanol–water partition coefficient (Wildman–Crippen LogP) is 1.47. The number of hydrogen-bond donors (Lipinski definition) is 3. The molecule has 0 aliphatic heterocycles. The molecule has 0 aliphatic carbocycles. The molecule has 0 unspecified atom stereocenters. The highest BCUT2D eigenvalue weighted by Crippen LogP contribution is 2.27. The number of nitrogens with one attached hydrogen (secondary N) is 1. The SMILES string of the molecule is O=C(O)c1cc(NCC(F)(F)CO)c(F)cc1[N+](=O)[O-]. The Morgan fingerprint density at radius 2 is 2.05 bits per heavy atom. The van der Waals surface area contributed by atoms with Crippen LogP contribution < -0.4 is 5.32 Å². The van der Waals surface area contributed by atoms with Gasteiger partial charge in [-0.1, -0.05) is 0 Å². The van der Waals surface area contributed by atoms with Crippen LogP contribution in [-0.4, -0.2) is 40.2 Å². The van der Waals surface area contributed by atoms with E-state index in [2.05, 4.69) is 0 Å². The maximum absolute atomic E-state index is 13.5. The van der Waals surface area contributed by atoms with Crippen molar-refractivity contribution in [3.63, 3.8) is 0 Å². The number of nitrogens with zero attached hydrogens (tertiary/aromatic N) is 1. The number of carboxylic acids is 1. The van der Waals surface area contributed by atoms with Gasteiger partial charge >= 0.3 is 5.97 Å². The zero-order chi connectivity index (χ0) is 15.5. The number of benzene rings is 1. The monoisotopic (exact) mass is 294 g/mol. The summed E-state index contributed by atoms with van der Waals surface area (Å²) in [6.07, 6.45) is 0. The van der Waals surface area contributed by atoms with Crippen molar-refractivity contribution in [3.8, 4) is 0 Å². The van der Waals surface area contributed by atoms with Crippen LogP contribution in [0.25, 0.3) is 0 Å².